The first-order chi connectivity index (χ1) is 14.7. The molecule has 0 spiro atoms. The molecule has 1 saturated carbocycles. The van der Waals surface area contributed by atoms with E-state index in [0.29, 0.717) is 30.4 Å². The number of rotatable bonds is 4. The smallest absolute Gasteiger partial charge is 0.254 e. The lowest BCUT2D eigenvalue weighted by molar-refractivity contribution is 0.0746. The van der Waals surface area contributed by atoms with Crippen LogP contribution in [0.25, 0.3) is 11.4 Å². The summed E-state index contributed by atoms with van der Waals surface area (Å²) in [7, 11) is 0. The molecule has 30 heavy (non-hydrogen) atoms. The van der Waals surface area contributed by atoms with E-state index in [1.807, 2.05) is 12.1 Å². The summed E-state index contributed by atoms with van der Waals surface area (Å²) in [6, 6.07) is 14.0. The second-order valence-electron chi connectivity index (χ2n) is 7.92. The Kier molecular flexibility index (Phi) is 4.94. The molecule has 0 atom stereocenters. The van der Waals surface area contributed by atoms with Gasteiger partial charge in [0.05, 0.1) is 0 Å². The molecule has 1 amide bonds. The van der Waals surface area contributed by atoms with Crippen LogP contribution in [0.3, 0.4) is 0 Å². The fraction of sp³-hybridized carbons (Fsp3) is 0.348. The van der Waals surface area contributed by atoms with Gasteiger partial charge in [0.1, 0.15) is 5.82 Å². The highest BCUT2D eigenvalue weighted by molar-refractivity contribution is 5.94. The highest BCUT2D eigenvalue weighted by Gasteiger charge is 2.26. The minimum absolute atomic E-state index is 0.121. The summed E-state index contributed by atoms with van der Waals surface area (Å²) in [4.78, 5) is 21.2. The summed E-state index contributed by atoms with van der Waals surface area (Å²) in [6.45, 7) is 2.67. The van der Waals surface area contributed by atoms with Crippen molar-refractivity contribution >= 4 is 11.6 Å². The zero-order valence-electron chi connectivity index (χ0n) is 16.6. The van der Waals surface area contributed by atoms with Gasteiger partial charge in [-0.2, -0.15) is 4.98 Å². The third-order valence-electron chi connectivity index (χ3n) is 6.03. The van der Waals surface area contributed by atoms with Crippen molar-refractivity contribution in [2.75, 3.05) is 31.1 Å². The lowest BCUT2D eigenvalue weighted by atomic mass is 9.85. The van der Waals surface area contributed by atoms with Gasteiger partial charge < -0.3 is 14.3 Å². The predicted octanol–water partition coefficient (Wildman–Crippen LogP) is 4.11. The molecule has 0 radical (unpaired) electrons. The number of hydrogen-bond acceptors (Lipinski definition) is 5. The second-order valence-corrected chi connectivity index (χ2v) is 7.92. The lowest BCUT2D eigenvalue weighted by Crippen LogP contribution is -2.48. The van der Waals surface area contributed by atoms with Gasteiger partial charge in [-0.25, -0.2) is 4.39 Å². The summed E-state index contributed by atoms with van der Waals surface area (Å²) in [5.41, 5.74) is 2.43. The van der Waals surface area contributed by atoms with Crippen LogP contribution in [-0.4, -0.2) is 47.1 Å². The number of carbonyl (C=O) groups is 1. The summed E-state index contributed by atoms with van der Waals surface area (Å²) < 4.78 is 18.8. The van der Waals surface area contributed by atoms with Crippen molar-refractivity contribution < 1.29 is 13.7 Å². The van der Waals surface area contributed by atoms with Gasteiger partial charge in [-0.3, -0.25) is 4.79 Å². The monoisotopic (exact) mass is 406 g/mol. The predicted molar refractivity (Wildman–Crippen MR) is 111 cm³/mol. The Morgan fingerprint density at radius 1 is 1.03 bits per heavy atom. The average molecular weight is 406 g/mol. The molecular formula is C23H23FN4O2. The van der Waals surface area contributed by atoms with Crippen LogP contribution < -0.4 is 4.90 Å². The number of carbonyl (C=O) groups excluding carboxylic acids is 1. The molecule has 1 aliphatic carbocycles. The zero-order chi connectivity index (χ0) is 20.5. The number of anilines is 1. The van der Waals surface area contributed by atoms with Crippen LogP contribution in [0.1, 0.15) is 41.4 Å². The van der Waals surface area contributed by atoms with Gasteiger partial charge in [0, 0.05) is 48.9 Å². The largest absolute Gasteiger partial charge is 0.368 e. The van der Waals surface area contributed by atoms with Gasteiger partial charge in [0.25, 0.3) is 5.91 Å². The molecule has 2 aromatic carbocycles. The minimum atomic E-state index is -0.388. The third-order valence-corrected chi connectivity index (χ3v) is 6.03. The first kappa shape index (κ1) is 18.8. The summed E-state index contributed by atoms with van der Waals surface area (Å²) in [5, 5.41) is 4.13. The fourth-order valence-electron chi connectivity index (χ4n) is 3.97. The van der Waals surface area contributed by atoms with E-state index < -0.39 is 0 Å². The van der Waals surface area contributed by atoms with E-state index in [2.05, 4.69) is 27.2 Å². The van der Waals surface area contributed by atoms with Crippen LogP contribution in [0.4, 0.5) is 10.1 Å². The molecule has 5 rings (SSSR count). The first-order valence-corrected chi connectivity index (χ1v) is 10.4. The number of benzene rings is 2. The standard InChI is InChI=1S/C23H23FN4O2/c24-19-6-2-5-18(15-19)23(29)28-13-11-27(12-14-28)20-9-7-16(8-10-20)21-25-22(30-26-21)17-3-1-4-17/h2,5-10,15,17H,1,3-4,11-14H2. The summed E-state index contributed by atoms with van der Waals surface area (Å²) in [5.74, 6) is 1.30. The average Bonchev–Trinajstić information content (AvgIpc) is 3.22. The van der Waals surface area contributed by atoms with Crippen LogP contribution in [0, 0.1) is 5.82 Å². The Balaban J connectivity index is 1.21. The van der Waals surface area contributed by atoms with E-state index in [9.17, 15) is 9.18 Å². The van der Waals surface area contributed by atoms with E-state index in [0.717, 1.165) is 43.1 Å². The Labute approximate surface area is 174 Å². The summed E-state index contributed by atoms with van der Waals surface area (Å²) in [6.07, 6.45) is 3.50. The quantitative estimate of drug-likeness (QED) is 0.653. The molecule has 1 saturated heterocycles. The van der Waals surface area contributed by atoms with Crippen LogP contribution in [0.5, 0.6) is 0 Å². The molecule has 0 bridgehead atoms. The topological polar surface area (TPSA) is 62.5 Å². The van der Waals surface area contributed by atoms with Crippen LogP contribution in [0.15, 0.2) is 53.1 Å². The highest BCUT2D eigenvalue weighted by atomic mass is 19.1. The molecule has 3 aromatic rings. The maximum Gasteiger partial charge on any atom is 0.254 e. The van der Waals surface area contributed by atoms with Gasteiger partial charge in [0.2, 0.25) is 11.7 Å². The van der Waals surface area contributed by atoms with Crippen LogP contribution in [0.2, 0.25) is 0 Å². The van der Waals surface area contributed by atoms with Gasteiger partial charge in [0.15, 0.2) is 0 Å². The van der Waals surface area contributed by atoms with E-state index in [1.165, 1.54) is 18.6 Å². The fourth-order valence-corrected chi connectivity index (χ4v) is 3.97. The Morgan fingerprint density at radius 3 is 2.47 bits per heavy atom. The zero-order valence-corrected chi connectivity index (χ0v) is 16.6. The van der Waals surface area contributed by atoms with E-state index in [1.54, 1.807) is 17.0 Å². The van der Waals surface area contributed by atoms with Crippen molar-refractivity contribution in [1.29, 1.82) is 0 Å². The molecule has 7 heteroatoms. The number of hydrogen-bond donors (Lipinski definition) is 0. The van der Waals surface area contributed by atoms with E-state index in [-0.39, 0.29) is 11.7 Å². The maximum absolute atomic E-state index is 13.4. The molecule has 2 fully saturated rings. The molecule has 154 valence electrons. The number of aromatic nitrogens is 2. The minimum Gasteiger partial charge on any atom is -0.368 e. The molecule has 0 unspecified atom stereocenters. The van der Waals surface area contributed by atoms with Crippen molar-refractivity contribution in [3.63, 3.8) is 0 Å². The van der Waals surface area contributed by atoms with Gasteiger partial charge in [-0.1, -0.05) is 17.6 Å². The normalized spacial score (nSPS) is 17.1. The van der Waals surface area contributed by atoms with Gasteiger partial charge in [-0.15, -0.1) is 0 Å². The summed E-state index contributed by atoms with van der Waals surface area (Å²) >= 11 is 0. The van der Waals surface area contributed by atoms with Crippen molar-refractivity contribution in [3.05, 3.63) is 65.8 Å². The number of halogens is 1. The number of amides is 1. The molecule has 1 aliphatic heterocycles. The van der Waals surface area contributed by atoms with Crippen LogP contribution in [-0.2, 0) is 0 Å². The number of piperazine rings is 1. The molecule has 0 N–H and O–H groups in total. The van der Waals surface area contributed by atoms with Gasteiger partial charge in [-0.05, 0) is 55.3 Å². The molecule has 2 aliphatic rings. The highest BCUT2D eigenvalue weighted by Crippen LogP contribution is 2.36. The van der Waals surface area contributed by atoms with Crippen LogP contribution >= 0.6 is 0 Å². The molecule has 6 nitrogen and oxygen atoms in total. The van der Waals surface area contributed by atoms with Crippen molar-refractivity contribution in [3.8, 4) is 11.4 Å². The van der Waals surface area contributed by atoms with Crippen molar-refractivity contribution in [2.24, 2.45) is 0 Å². The Morgan fingerprint density at radius 2 is 1.80 bits per heavy atom. The molecular weight excluding hydrogens is 383 g/mol. The van der Waals surface area contributed by atoms with Gasteiger partial charge >= 0.3 is 0 Å². The second kappa shape index (κ2) is 7.89. The number of nitrogens with zero attached hydrogens (tertiary/aromatic N) is 4. The van der Waals surface area contributed by atoms with E-state index in [4.69, 9.17) is 4.52 Å². The Bertz CT molecular complexity index is 1040. The molecule has 1 aromatic heterocycles. The first-order valence-electron chi connectivity index (χ1n) is 10.4. The Hall–Kier alpha value is -3.22. The van der Waals surface area contributed by atoms with Crippen molar-refractivity contribution in [1.82, 2.24) is 15.0 Å². The third kappa shape index (κ3) is 3.67. The van der Waals surface area contributed by atoms with Crippen molar-refractivity contribution in [2.45, 2.75) is 25.2 Å². The SMILES string of the molecule is O=C(c1cccc(F)c1)N1CCN(c2ccc(-c3noc(C4CCC4)n3)cc2)CC1. The molecule has 2 heterocycles. The lowest BCUT2D eigenvalue weighted by Gasteiger charge is -2.36. The van der Waals surface area contributed by atoms with E-state index >= 15 is 0 Å². The maximum atomic E-state index is 13.4.